The molecule has 3 aliphatic carbocycles. The first kappa shape index (κ1) is 38.6. The van der Waals surface area contributed by atoms with Crippen LogP contribution >= 0.6 is 0 Å². The Balaban J connectivity index is 1.27. The van der Waals surface area contributed by atoms with Gasteiger partial charge in [0, 0.05) is 0 Å². The molecule has 0 spiro atoms. The van der Waals surface area contributed by atoms with Crippen LogP contribution in [0.2, 0.25) is 0 Å². The summed E-state index contributed by atoms with van der Waals surface area (Å²) in [6, 6.07) is 91.2. The molecule has 13 rings (SSSR count). The van der Waals surface area contributed by atoms with Gasteiger partial charge >= 0.3 is 0 Å². The van der Waals surface area contributed by atoms with Crippen molar-refractivity contribution in [2.24, 2.45) is 0 Å². The van der Waals surface area contributed by atoms with Crippen molar-refractivity contribution in [1.29, 1.82) is 0 Å². The standard InChI is InChI=1S/C66H48/c1-43-28-34-46(35-29-43)64(58-22-10-4-16-52(58)53-17-5-11-23-59(53)64)49-40-50(65(47-36-30-44(2)31-37-47)60-24-12-6-18-54(60)55-19-7-13-25-61(55)65)42-51(41-49)66(48-38-32-45(3)33-39-48)62-26-14-8-20-56(62)57-21-9-15-27-63(57)66/h4-42H,1-3H3. The van der Waals surface area contributed by atoms with Gasteiger partial charge in [-0.25, -0.2) is 0 Å². The Morgan fingerprint density at radius 1 is 0.197 bits per heavy atom. The number of benzene rings is 10. The van der Waals surface area contributed by atoms with Crippen LogP contribution in [0.1, 0.15) is 83.5 Å². The molecule has 10 aromatic rings. The maximum Gasteiger partial charge on any atom is 0.0713 e. The van der Waals surface area contributed by atoms with Crippen LogP contribution in [0, 0.1) is 20.8 Å². The van der Waals surface area contributed by atoms with Crippen LogP contribution in [0.25, 0.3) is 33.4 Å². The van der Waals surface area contributed by atoms with Crippen molar-refractivity contribution < 1.29 is 0 Å². The van der Waals surface area contributed by atoms with E-state index < -0.39 is 16.2 Å². The van der Waals surface area contributed by atoms with Crippen LogP contribution < -0.4 is 0 Å². The third-order valence-corrected chi connectivity index (χ3v) is 15.5. The first-order valence-electron chi connectivity index (χ1n) is 23.4. The van der Waals surface area contributed by atoms with Gasteiger partial charge < -0.3 is 0 Å². The molecule has 0 aromatic heterocycles. The molecule has 0 saturated heterocycles. The average Bonchev–Trinajstić information content (AvgIpc) is 3.96. The summed E-state index contributed by atoms with van der Waals surface area (Å²) in [6.07, 6.45) is 0. The van der Waals surface area contributed by atoms with E-state index in [2.05, 4.69) is 257 Å². The molecular weight excluding hydrogens is 793 g/mol. The largest absolute Gasteiger partial charge is 0.0713 e. The molecule has 0 heterocycles. The summed E-state index contributed by atoms with van der Waals surface area (Å²) in [5.74, 6) is 0. The van der Waals surface area contributed by atoms with Gasteiger partial charge in [-0.15, -0.1) is 0 Å². The Morgan fingerprint density at radius 2 is 0.379 bits per heavy atom. The molecule has 3 aliphatic rings. The van der Waals surface area contributed by atoms with Gasteiger partial charge in [0.2, 0.25) is 0 Å². The molecule has 312 valence electrons. The van der Waals surface area contributed by atoms with Crippen molar-refractivity contribution in [3.05, 3.63) is 320 Å². The summed E-state index contributed by atoms with van der Waals surface area (Å²) in [5, 5.41) is 0. The fourth-order valence-electron chi connectivity index (χ4n) is 12.8. The summed E-state index contributed by atoms with van der Waals surface area (Å²) in [5.41, 5.74) is 25.0. The predicted octanol–water partition coefficient (Wildman–Crippen LogP) is 15.7. The van der Waals surface area contributed by atoms with Crippen molar-refractivity contribution in [2.45, 2.75) is 37.0 Å². The molecule has 0 fully saturated rings. The third kappa shape index (κ3) is 5.05. The summed E-state index contributed by atoms with van der Waals surface area (Å²) in [6.45, 7) is 6.60. The Labute approximate surface area is 388 Å². The van der Waals surface area contributed by atoms with E-state index in [4.69, 9.17) is 0 Å². The molecule has 0 N–H and O–H groups in total. The van der Waals surface area contributed by atoms with Gasteiger partial charge in [-0.2, -0.15) is 0 Å². The van der Waals surface area contributed by atoms with Crippen LogP contribution in [0.5, 0.6) is 0 Å². The Morgan fingerprint density at radius 3 is 0.576 bits per heavy atom. The van der Waals surface area contributed by atoms with E-state index in [1.165, 1.54) is 117 Å². The quantitative estimate of drug-likeness (QED) is 0.156. The SMILES string of the molecule is Cc1ccc(C2(c3cc(C4(c5ccc(C)cc5)c5ccccc5-c5ccccc54)cc(C4(c5ccc(C)cc5)c5ccccc5-c5ccccc54)c3)c3ccccc3-c3ccccc32)cc1. The lowest BCUT2D eigenvalue weighted by Gasteiger charge is -2.41. The zero-order valence-corrected chi connectivity index (χ0v) is 37.5. The minimum absolute atomic E-state index is 0.649. The van der Waals surface area contributed by atoms with Crippen molar-refractivity contribution >= 4 is 0 Å². The van der Waals surface area contributed by atoms with Crippen LogP contribution in [0.4, 0.5) is 0 Å². The highest BCUT2D eigenvalue weighted by Gasteiger charge is 2.53. The minimum Gasteiger partial charge on any atom is -0.0619 e. The van der Waals surface area contributed by atoms with E-state index in [1.807, 2.05) is 0 Å². The van der Waals surface area contributed by atoms with Gasteiger partial charge in [0.15, 0.2) is 0 Å². The highest BCUT2D eigenvalue weighted by atomic mass is 14.5. The van der Waals surface area contributed by atoms with E-state index in [0.717, 1.165) is 0 Å². The lowest BCUT2D eigenvalue weighted by molar-refractivity contribution is 0.713. The Kier molecular flexibility index (Phi) is 8.40. The highest BCUT2D eigenvalue weighted by Crippen LogP contribution is 2.63. The molecule has 0 nitrogen and oxygen atoms in total. The molecular formula is C66H48. The van der Waals surface area contributed by atoms with Gasteiger partial charge in [-0.1, -0.05) is 253 Å². The van der Waals surface area contributed by atoms with Gasteiger partial charge in [-0.3, -0.25) is 0 Å². The van der Waals surface area contributed by atoms with E-state index in [0.29, 0.717) is 0 Å². The monoisotopic (exact) mass is 840 g/mol. The predicted molar refractivity (Wildman–Crippen MR) is 273 cm³/mol. The van der Waals surface area contributed by atoms with Gasteiger partial charge in [0.25, 0.3) is 0 Å². The highest BCUT2D eigenvalue weighted by molar-refractivity contribution is 5.91. The molecule has 0 heteroatoms. The summed E-state index contributed by atoms with van der Waals surface area (Å²) >= 11 is 0. The lowest BCUT2D eigenvalue weighted by atomic mass is 9.60. The molecule has 66 heavy (non-hydrogen) atoms. The number of aryl methyl sites for hydroxylation is 3. The number of rotatable bonds is 6. The zero-order chi connectivity index (χ0) is 44.2. The van der Waals surface area contributed by atoms with Crippen molar-refractivity contribution in [1.82, 2.24) is 0 Å². The molecule has 0 bridgehead atoms. The summed E-state index contributed by atoms with van der Waals surface area (Å²) in [7, 11) is 0. The van der Waals surface area contributed by atoms with E-state index >= 15 is 0 Å². The number of fused-ring (bicyclic) bond motifs is 9. The van der Waals surface area contributed by atoms with Crippen LogP contribution in [0.3, 0.4) is 0 Å². The van der Waals surface area contributed by atoms with Crippen molar-refractivity contribution in [3.63, 3.8) is 0 Å². The Hall–Kier alpha value is -7.80. The molecule has 0 amide bonds. The molecule has 0 saturated carbocycles. The smallest absolute Gasteiger partial charge is 0.0619 e. The van der Waals surface area contributed by atoms with Crippen molar-refractivity contribution in [2.75, 3.05) is 0 Å². The first-order valence-corrected chi connectivity index (χ1v) is 23.4. The maximum absolute atomic E-state index is 2.62. The molecule has 0 aliphatic heterocycles. The van der Waals surface area contributed by atoms with Crippen LogP contribution in [-0.2, 0) is 16.2 Å². The summed E-state index contributed by atoms with van der Waals surface area (Å²) < 4.78 is 0. The topological polar surface area (TPSA) is 0 Å². The maximum atomic E-state index is 2.62. The van der Waals surface area contributed by atoms with Gasteiger partial charge in [0.05, 0.1) is 16.2 Å². The summed E-state index contributed by atoms with van der Waals surface area (Å²) in [4.78, 5) is 0. The lowest BCUT2D eigenvalue weighted by Crippen LogP contribution is -2.35. The van der Waals surface area contributed by atoms with Crippen LogP contribution in [-0.4, -0.2) is 0 Å². The zero-order valence-electron chi connectivity index (χ0n) is 37.5. The molecule has 10 aromatic carbocycles. The van der Waals surface area contributed by atoms with Gasteiger partial charge in [-0.05, 0) is 121 Å². The van der Waals surface area contributed by atoms with Crippen molar-refractivity contribution in [3.8, 4) is 33.4 Å². The van der Waals surface area contributed by atoms with E-state index in [-0.39, 0.29) is 0 Å². The fraction of sp³-hybridized carbons (Fsp3) is 0.0909. The number of hydrogen-bond acceptors (Lipinski definition) is 0. The minimum atomic E-state index is -0.649. The first-order chi connectivity index (χ1) is 32.4. The third-order valence-electron chi connectivity index (χ3n) is 15.5. The fourth-order valence-corrected chi connectivity index (χ4v) is 12.8. The molecule has 0 radical (unpaired) electrons. The second kappa shape index (κ2) is 14.4. The normalized spacial score (nSPS) is 15.0. The molecule has 0 atom stereocenters. The van der Waals surface area contributed by atoms with Gasteiger partial charge in [0.1, 0.15) is 0 Å². The van der Waals surface area contributed by atoms with E-state index in [9.17, 15) is 0 Å². The average molecular weight is 841 g/mol. The Bertz CT molecular complexity index is 3020. The second-order valence-corrected chi connectivity index (χ2v) is 18.9. The molecule has 0 unspecified atom stereocenters. The van der Waals surface area contributed by atoms with Crippen LogP contribution in [0.15, 0.2) is 237 Å². The van der Waals surface area contributed by atoms with E-state index in [1.54, 1.807) is 0 Å². The number of hydrogen-bond donors (Lipinski definition) is 0. The second-order valence-electron chi connectivity index (χ2n) is 18.9.